The van der Waals surface area contributed by atoms with E-state index in [1.54, 1.807) is 0 Å². The van der Waals surface area contributed by atoms with Crippen LogP contribution < -0.4 is 15.1 Å². The molecule has 1 fully saturated rings. The van der Waals surface area contributed by atoms with Crippen LogP contribution >= 0.6 is 0 Å². The zero-order valence-corrected chi connectivity index (χ0v) is 17.5. The second kappa shape index (κ2) is 8.95. The van der Waals surface area contributed by atoms with Crippen LogP contribution in [0, 0.1) is 5.92 Å². The maximum Gasteiger partial charge on any atom is 0.229 e. The first-order valence-corrected chi connectivity index (χ1v) is 10.3. The Bertz CT molecular complexity index is 971. The van der Waals surface area contributed by atoms with Gasteiger partial charge in [-0.2, -0.15) is 0 Å². The summed E-state index contributed by atoms with van der Waals surface area (Å²) in [6.07, 6.45) is 1.84. The SMILES string of the molecule is CN(C)c1ccc(NC(=O)C2CCCN(c3ccc(-c4ccccc4)nn3)C2)cc1. The van der Waals surface area contributed by atoms with E-state index < -0.39 is 0 Å². The molecule has 1 amide bonds. The maximum absolute atomic E-state index is 12.8. The van der Waals surface area contributed by atoms with Crippen molar-refractivity contribution >= 4 is 23.1 Å². The fourth-order valence-corrected chi connectivity index (χ4v) is 3.74. The summed E-state index contributed by atoms with van der Waals surface area (Å²) >= 11 is 0. The number of benzene rings is 2. The molecule has 1 unspecified atom stereocenters. The normalized spacial score (nSPS) is 16.2. The highest BCUT2D eigenvalue weighted by Crippen LogP contribution is 2.24. The van der Waals surface area contributed by atoms with Crippen molar-refractivity contribution in [3.8, 4) is 11.3 Å². The van der Waals surface area contributed by atoms with E-state index in [0.717, 1.165) is 47.8 Å². The Hall–Kier alpha value is -3.41. The molecule has 4 rings (SSSR count). The summed E-state index contributed by atoms with van der Waals surface area (Å²) in [4.78, 5) is 17.0. The molecule has 1 N–H and O–H groups in total. The predicted octanol–water partition coefficient (Wildman–Crippen LogP) is 4.06. The van der Waals surface area contributed by atoms with Crippen molar-refractivity contribution in [1.82, 2.24) is 10.2 Å². The Morgan fingerprint density at radius 2 is 1.77 bits per heavy atom. The van der Waals surface area contributed by atoms with Gasteiger partial charge in [-0.25, -0.2) is 0 Å². The largest absolute Gasteiger partial charge is 0.378 e. The van der Waals surface area contributed by atoms with E-state index in [-0.39, 0.29) is 11.8 Å². The minimum atomic E-state index is -0.0668. The first kappa shape index (κ1) is 19.9. The number of hydrogen-bond acceptors (Lipinski definition) is 5. The molecule has 1 saturated heterocycles. The lowest BCUT2D eigenvalue weighted by Gasteiger charge is -2.32. The Labute approximate surface area is 177 Å². The Balaban J connectivity index is 1.39. The van der Waals surface area contributed by atoms with Gasteiger partial charge in [0.1, 0.15) is 0 Å². The topological polar surface area (TPSA) is 61.4 Å². The molecule has 3 aromatic rings. The van der Waals surface area contributed by atoms with E-state index >= 15 is 0 Å². The molecule has 2 aromatic carbocycles. The summed E-state index contributed by atoms with van der Waals surface area (Å²) < 4.78 is 0. The number of amides is 1. The summed E-state index contributed by atoms with van der Waals surface area (Å²) in [5.41, 5.74) is 3.84. The second-order valence-corrected chi connectivity index (χ2v) is 7.86. The fourth-order valence-electron chi connectivity index (χ4n) is 3.74. The minimum Gasteiger partial charge on any atom is -0.378 e. The van der Waals surface area contributed by atoms with Crippen LogP contribution in [0.3, 0.4) is 0 Å². The number of piperidine rings is 1. The molecule has 1 atom stereocenters. The van der Waals surface area contributed by atoms with E-state index in [1.807, 2.05) is 85.7 Å². The molecule has 30 heavy (non-hydrogen) atoms. The third kappa shape index (κ3) is 4.59. The molecule has 0 saturated carbocycles. The van der Waals surface area contributed by atoms with Crippen LogP contribution in [-0.2, 0) is 4.79 Å². The molecule has 0 bridgehead atoms. The fraction of sp³-hybridized carbons (Fsp3) is 0.292. The number of hydrogen-bond donors (Lipinski definition) is 1. The van der Waals surface area contributed by atoms with Crippen molar-refractivity contribution < 1.29 is 4.79 Å². The first-order valence-electron chi connectivity index (χ1n) is 10.3. The number of aromatic nitrogens is 2. The van der Waals surface area contributed by atoms with Gasteiger partial charge in [-0.1, -0.05) is 30.3 Å². The molecule has 1 aliphatic rings. The number of carbonyl (C=O) groups excluding carboxylic acids is 1. The summed E-state index contributed by atoms with van der Waals surface area (Å²) in [5, 5.41) is 11.9. The third-order valence-electron chi connectivity index (χ3n) is 5.49. The monoisotopic (exact) mass is 401 g/mol. The van der Waals surface area contributed by atoms with Crippen LogP contribution in [0.5, 0.6) is 0 Å². The molecular formula is C24H27N5O. The van der Waals surface area contributed by atoms with Gasteiger partial charge >= 0.3 is 0 Å². The third-order valence-corrected chi connectivity index (χ3v) is 5.49. The Morgan fingerprint density at radius 1 is 1.00 bits per heavy atom. The van der Waals surface area contributed by atoms with Crippen molar-refractivity contribution in [2.24, 2.45) is 5.92 Å². The lowest BCUT2D eigenvalue weighted by Crippen LogP contribution is -2.41. The van der Waals surface area contributed by atoms with E-state index in [0.29, 0.717) is 6.54 Å². The van der Waals surface area contributed by atoms with Crippen molar-refractivity contribution in [2.45, 2.75) is 12.8 Å². The second-order valence-electron chi connectivity index (χ2n) is 7.86. The quantitative estimate of drug-likeness (QED) is 0.698. The number of nitrogens with one attached hydrogen (secondary N) is 1. The molecular weight excluding hydrogens is 374 g/mol. The maximum atomic E-state index is 12.8. The lowest BCUT2D eigenvalue weighted by atomic mass is 9.97. The molecule has 0 aliphatic carbocycles. The van der Waals surface area contributed by atoms with E-state index in [9.17, 15) is 4.79 Å². The smallest absolute Gasteiger partial charge is 0.229 e. The number of rotatable bonds is 5. The van der Waals surface area contributed by atoms with Gasteiger partial charge in [0.05, 0.1) is 11.6 Å². The van der Waals surface area contributed by atoms with Crippen LogP contribution in [0.4, 0.5) is 17.2 Å². The highest BCUT2D eigenvalue weighted by atomic mass is 16.1. The van der Waals surface area contributed by atoms with Crippen LogP contribution in [-0.4, -0.2) is 43.3 Å². The van der Waals surface area contributed by atoms with Gasteiger partial charge in [-0.15, -0.1) is 10.2 Å². The van der Waals surface area contributed by atoms with Gasteiger partial charge < -0.3 is 15.1 Å². The lowest BCUT2D eigenvalue weighted by molar-refractivity contribution is -0.120. The summed E-state index contributed by atoms with van der Waals surface area (Å²) in [6.45, 7) is 1.54. The predicted molar refractivity (Wildman–Crippen MR) is 122 cm³/mol. The average Bonchev–Trinajstić information content (AvgIpc) is 2.80. The van der Waals surface area contributed by atoms with Crippen LogP contribution in [0.15, 0.2) is 66.7 Å². The molecule has 1 aliphatic heterocycles. The van der Waals surface area contributed by atoms with E-state index in [2.05, 4.69) is 20.4 Å². The minimum absolute atomic E-state index is 0.0613. The number of nitrogens with zero attached hydrogens (tertiary/aromatic N) is 4. The van der Waals surface area contributed by atoms with Gasteiger partial charge in [0.25, 0.3) is 0 Å². The van der Waals surface area contributed by atoms with E-state index in [1.165, 1.54) is 0 Å². The van der Waals surface area contributed by atoms with Gasteiger partial charge in [0, 0.05) is 44.1 Å². The summed E-state index contributed by atoms with van der Waals surface area (Å²) in [5.74, 6) is 0.816. The van der Waals surface area contributed by atoms with Crippen molar-refractivity contribution in [2.75, 3.05) is 42.3 Å². The van der Waals surface area contributed by atoms with Gasteiger partial charge in [-0.3, -0.25) is 4.79 Å². The van der Waals surface area contributed by atoms with Gasteiger partial charge in [0.2, 0.25) is 5.91 Å². The zero-order valence-electron chi connectivity index (χ0n) is 17.5. The van der Waals surface area contributed by atoms with Crippen LogP contribution in [0.25, 0.3) is 11.3 Å². The summed E-state index contributed by atoms with van der Waals surface area (Å²) in [7, 11) is 4.00. The molecule has 0 radical (unpaired) electrons. The Kier molecular flexibility index (Phi) is 5.93. The zero-order chi connectivity index (χ0) is 20.9. The first-order chi connectivity index (χ1) is 14.6. The molecule has 1 aromatic heterocycles. The molecule has 6 heteroatoms. The van der Waals surface area contributed by atoms with Crippen molar-refractivity contribution in [1.29, 1.82) is 0 Å². The Morgan fingerprint density at radius 3 is 2.43 bits per heavy atom. The van der Waals surface area contributed by atoms with Gasteiger partial charge in [0.15, 0.2) is 5.82 Å². The average molecular weight is 402 g/mol. The van der Waals surface area contributed by atoms with Crippen LogP contribution in [0.1, 0.15) is 12.8 Å². The molecule has 6 nitrogen and oxygen atoms in total. The van der Waals surface area contributed by atoms with Crippen molar-refractivity contribution in [3.05, 3.63) is 66.7 Å². The molecule has 154 valence electrons. The molecule has 2 heterocycles. The van der Waals surface area contributed by atoms with E-state index in [4.69, 9.17) is 0 Å². The molecule has 0 spiro atoms. The number of carbonyl (C=O) groups is 1. The van der Waals surface area contributed by atoms with Gasteiger partial charge in [-0.05, 0) is 49.2 Å². The standard InChI is InChI=1S/C24H27N5O/c1-28(2)21-12-10-20(11-13-21)25-24(30)19-9-6-16-29(17-19)23-15-14-22(26-27-23)18-7-4-3-5-8-18/h3-5,7-8,10-15,19H,6,9,16-17H2,1-2H3,(H,25,30). The van der Waals surface area contributed by atoms with Crippen molar-refractivity contribution in [3.63, 3.8) is 0 Å². The highest BCUT2D eigenvalue weighted by molar-refractivity contribution is 5.93. The highest BCUT2D eigenvalue weighted by Gasteiger charge is 2.27. The van der Waals surface area contributed by atoms with Crippen LogP contribution in [0.2, 0.25) is 0 Å². The summed E-state index contributed by atoms with van der Waals surface area (Å²) in [6, 6.07) is 21.9. The number of anilines is 3.